The maximum atomic E-state index is 4.58. The minimum atomic E-state index is 1.02. The van der Waals surface area contributed by atoms with Crippen LogP contribution in [0.5, 0.6) is 0 Å². The Morgan fingerprint density at radius 1 is 1.20 bits per heavy atom. The molecule has 0 fully saturated rings. The van der Waals surface area contributed by atoms with E-state index in [9.17, 15) is 0 Å². The maximum absolute atomic E-state index is 4.58. The second kappa shape index (κ2) is 2.96. The number of H-pyrrole nitrogens is 1. The number of aromatic amines is 1. The van der Waals surface area contributed by atoms with Crippen molar-refractivity contribution in [2.24, 2.45) is 0 Å². The first-order valence-corrected chi connectivity index (χ1v) is 5.40. The van der Waals surface area contributed by atoms with Crippen molar-refractivity contribution in [2.75, 3.05) is 0 Å². The standard InChI is InChI=1S/C13H14N2/c1-8-4-3-5-11-10(8)6-7-12-13(11)15-9(2)14-12/h3-5H,6-7H2,1-2H3,(H,14,15). The molecule has 2 heteroatoms. The zero-order valence-electron chi connectivity index (χ0n) is 9.09. The summed E-state index contributed by atoms with van der Waals surface area (Å²) in [6.45, 7) is 4.21. The van der Waals surface area contributed by atoms with Crippen molar-refractivity contribution in [1.82, 2.24) is 9.97 Å². The minimum absolute atomic E-state index is 1.02. The third-order valence-corrected chi connectivity index (χ3v) is 3.19. The highest BCUT2D eigenvalue weighted by atomic mass is 14.9. The first kappa shape index (κ1) is 8.72. The van der Waals surface area contributed by atoms with Gasteiger partial charge in [-0.25, -0.2) is 4.98 Å². The van der Waals surface area contributed by atoms with Crippen molar-refractivity contribution >= 4 is 0 Å². The number of hydrogen-bond acceptors (Lipinski definition) is 1. The molecule has 0 spiro atoms. The van der Waals surface area contributed by atoms with Crippen molar-refractivity contribution in [1.29, 1.82) is 0 Å². The second-order valence-corrected chi connectivity index (χ2v) is 4.25. The highest BCUT2D eigenvalue weighted by Crippen LogP contribution is 2.33. The molecule has 1 heterocycles. The Kier molecular flexibility index (Phi) is 1.72. The van der Waals surface area contributed by atoms with E-state index in [2.05, 4.69) is 35.1 Å². The van der Waals surface area contributed by atoms with Crippen LogP contribution < -0.4 is 0 Å². The highest BCUT2D eigenvalue weighted by Gasteiger charge is 2.19. The van der Waals surface area contributed by atoms with Gasteiger partial charge in [0.05, 0.1) is 5.69 Å². The molecule has 0 aliphatic heterocycles. The van der Waals surface area contributed by atoms with E-state index in [0.717, 1.165) is 24.4 Å². The van der Waals surface area contributed by atoms with Crippen LogP contribution in [0.25, 0.3) is 11.3 Å². The van der Waals surface area contributed by atoms with Crippen molar-refractivity contribution in [3.05, 3.63) is 40.8 Å². The normalized spacial score (nSPS) is 13.5. The van der Waals surface area contributed by atoms with Gasteiger partial charge in [-0.05, 0) is 37.8 Å². The number of aryl methyl sites for hydroxylation is 3. The van der Waals surface area contributed by atoms with Crippen LogP contribution in [0.2, 0.25) is 0 Å². The summed E-state index contributed by atoms with van der Waals surface area (Å²) in [5.74, 6) is 1.02. The summed E-state index contributed by atoms with van der Waals surface area (Å²) in [6.07, 6.45) is 2.23. The van der Waals surface area contributed by atoms with Gasteiger partial charge in [-0.15, -0.1) is 0 Å². The quantitative estimate of drug-likeness (QED) is 0.692. The number of nitrogens with zero attached hydrogens (tertiary/aromatic N) is 1. The summed E-state index contributed by atoms with van der Waals surface area (Å²) in [4.78, 5) is 7.92. The van der Waals surface area contributed by atoms with Gasteiger partial charge in [0, 0.05) is 11.3 Å². The number of imidazole rings is 1. The number of aromatic nitrogens is 2. The minimum Gasteiger partial charge on any atom is -0.346 e. The molecule has 0 atom stereocenters. The van der Waals surface area contributed by atoms with Crippen LogP contribution >= 0.6 is 0 Å². The summed E-state index contributed by atoms with van der Waals surface area (Å²) in [5.41, 5.74) is 6.64. The Balaban J connectivity index is 2.29. The number of benzene rings is 1. The van der Waals surface area contributed by atoms with Crippen molar-refractivity contribution in [3.63, 3.8) is 0 Å². The van der Waals surface area contributed by atoms with E-state index >= 15 is 0 Å². The van der Waals surface area contributed by atoms with E-state index in [1.807, 2.05) is 6.92 Å². The Bertz CT molecular complexity index is 523. The summed E-state index contributed by atoms with van der Waals surface area (Å²) in [6, 6.07) is 6.48. The average Bonchev–Trinajstić information content (AvgIpc) is 2.59. The number of hydrogen-bond donors (Lipinski definition) is 1. The molecule has 1 aromatic heterocycles. The molecule has 0 amide bonds. The lowest BCUT2D eigenvalue weighted by molar-refractivity contribution is 0.896. The zero-order valence-corrected chi connectivity index (χ0v) is 9.09. The fraction of sp³-hybridized carbons (Fsp3) is 0.308. The molecule has 0 saturated heterocycles. The topological polar surface area (TPSA) is 28.7 Å². The zero-order chi connectivity index (χ0) is 10.4. The molecule has 0 unspecified atom stereocenters. The Morgan fingerprint density at radius 3 is 2.93 bits per heavy atom. The molecule has 1 aliphatic carbocycles. The van der Waals surface area contributed by atoms with Gasteiger partial charge in [0.2, 0.25) is 0 Å². The van der Waals surface area contributed by atoms with Gasteiger partial charge in [-0.1, -0.05) is 18.2 Å². The predicted octanol–water partition coefficient (Wildman–Crippen LogP) is 2.79. The van der Waals surface area contributed by atoms with Gasteiger partial charge in [-0.3, -0.25) is 0 Å². The second-order valence-electron chi connectivity index (χ2n) is 4.25. The molecule has 1 N–H and O–H groups in total. The smallest absolute Gasteiger partial charge is 0.103 e. The van der Waals surface area contributed by atoms with Gasteiger partial charge in [0.1, 0.15) is 5.82 Å². The van der Waals surface area contributed by atoms with Crippen LogP contribution in [-0.4, -0.2) is 9.97 Å². The fourth-order valence-electron chi connectivity index (χ4n) is 2.45. The van der Waals surface area contributed by atoms with Crippen LogP contribution in [-0.2, 0) is 12.8 Å². The Labute approximate surface area is 89.4 Å². The molecule has 76 valence electrons. The number of rotatable bonds is 0. The largest absolute Gasteiger partial charge is 0.346 e. The molecule has 15 heavy (non-hydrogen) atoms. The van der Waals surface area contributed by atoms with Crippen molar-refractivity contribution < 1.29 is 0 Å². The predicted molar refractivity (Wildman–Crippen MR) is 60.9 cm³/mol. The molecular weight excluding hydrogens is 184 g/mol. The molecule has 1 aliphatic rings. The number of fused-ring (bicyclic) bond motifs is 3. The maximum Gasteiger partial charge on any atom is 0.103 e. The summed E-state index contributed by atoms with van der Waals surface area (Å²) >= 11 is 0. The van der Waals surface area contributed by atoms with Gasteiger partial charge in [0.15, 0.2) is 0 Å². The average molecular weight is 198 g/mol. The molecule has 1 aromatic carbocycles. The van der Waals surface area contributed by atoms with E-state index in [0.29, 0.717) is 0 Å². The third-order valence-electron chi connectivity index (χ3n) is 3.19. The molecule has 0 bridgehead atoms. The third kappa shape index (κ3) is 1.21. The van der Waals surface area contributed by atoms with Crippen LogP contribution in [0.15, 0.2) is 18.2 Å². The first-order chi connectivity index (χ1) is 7.25. The highest BCUT2D eigenvalue weighted by molar-refractivity contribution is 5.70. The van der Waals surface area contributed by atoms with E-state index in [4.69, 9.17) is 0 Å². The van der Waals surface area contributed by atoms with Crippen molar-refractivity contribution in [3.8, 4) is 11.3 Å². The van der Waals surface area contributed by atoms with Gasteiger partial charge in [0.25, 0.3) is 0 Å². The molecule has 2 nitrogen and oxygen atoms in total. The molecule has 2 aromatic rings. The van der Waals surface area contributed by atoms with Crippen LogP contribution in [0.4, 0.5) is 0 Å². The first-order valence-electron chi connectivity index (χ1n) is 5.40. The lowest BCUT2D eigenvalue weighted by atomic mass is 9.89. The molecule has 3 rings (SSSR count). The van der Waals surface area contributed by atoms with Crippen LogP contribution in [0.1, 0.15) is 22.6 Å². The molecular formula is C13H14N2. The summed E-state index contributed by atoms with van der Waals surface area (Å²) in [5, 5.41) is 0. The monoisotopic (exact) mass is 198 g/mol. The van der Waals surface area contributed by atoms with Gasteiger partial charge >= 0.3 is 0 Å². The summed E-state index contributed by atoms with van der Waals surface area (Å²) in [7, 11) is 0. The van der Waals surface area contributed by atoms with Crippen molar-refractivity contribution in [2.45, 2.75) is 26.7 Å². The Hall–Kier alpha value is -1.57. The SMILES string of the molecule is Cc1nc2c([nH]1)CCc1c(C)cccc1-2. The lowest BCUT2D eigenvalue weighted by Gasteiger charge is -2.16. The van der Waals surface area contributed by atoms with E-state index in [1.165, 1.54) is 22.4 Å². The fourth-order valence-corrected chi connectivity index (χ4v) is 2.45. The van der Waals surface area contributed by atoms with E-state index < -0.39 is 0 Å². The van der Waals surface area contributed by atoms with Gasteiger partial charge < -0.3 is 4.98 Å². The van der Waals surface area contributed by atoms with Gasteiger partial charge in [-0.2, -0.15) is 0 Å². The van der Waals surface area contributed by atoms with E-state index in [1.54, 1.807) is 0 Å². The molecule has 0 saturated carbocycles. The molecule has 0 radical (unpaired) electrons. The van der Waals surface area contributed by atoms with Crippen LogP contribution in [0.3, 0.4) is 0 Å². The summed E-state index contributed by atoms with van der Waals surface area (Å²) < 4.78 is 0. The number of nitrogens with one attached hydrogen (secondary N) is 1. The Morgan fingerprint density at radius 2 is 2.07 bits per heavy atom. The van der Waals surface area contributed by atoms with E-state index in [-0.39, 0.29) is 0 Å². The lowest BCUT2D eigenvalue weighted by Crippen LogP contribution is -2.05. The van der Waals surface area contributed by atoms with Crippen LogP contribution in [0, 0.1) is 13.8 Å².